The summed E-state index contributed by atoms with van der Waals surface area (Å²) in [4.78, 5) is 11.4. The number of hydrogen-bond donors (Lipinski definition) is 1. The first-order chi connectivity index (χ1) is 8.02. The van der Waals surface area contributed by atoms with Crippen LogP contribution in [0.4, 0.5) is 0 Å². The largest absolute Gasteiger partial charge is 0.463 e. The minimum absolute atomic E-state index is 0.281. The van der Waals surface area contributed by atoms with E-state index in [1.54, 1.807) is 0 Å². The monoisotopic (exact) mass is 239 g/mol. The number of hydrogen-bond acceptors (Lipinski definition) is 3. The van der Waals surface area contributed by atoms with Crippen LogP contribution in [0.2, 0.25) is 0 Å². The second kappa shape index (κ2) is 6.80. The van der Waals surface area contributed by atoms with Crippen LogP contribution in [0.15, 0.2) is 12.2 Å². The highest BCUT2D eigenvalue weighted by atomic mass is 16.5. The highest BCUT2D eigenvalue weighted by Crippen LogP contribution is 2.28. The molecule has 17 heavy (non-hydrogen) atoms. The van der Waals surface area contributed by atoms with E-state index in [9.17, 15) is 4.79 Å². The molecule has 1 aliphatic rings. The summed E-state index contributed by atoms with van der Waals surface area (Å²) in [6, 6.07) is 0.514. The molecule has 1 saturated carbocycles. The normalized spacial score (nSPS) is 28.8. The average Bonchev–Trinajstić information content (AvgIpc) is 2.25. The fourth-order valence-electron chi connectivity index (χ4n) is 2.69. The molecule has 1 fully saturated rings. The van der Waals surface area contributed by atoms with Gasteiger partial charge in [-0.25, -0.2) is 4.79 Å². The van der Waals surface area contributed by atoms with Gasteiger partial charge >= 0.3 is 5.97 Å². The number of nitrogens with one attached hydrogen (secondary N) is 1. The van der Waals surface area contributed by atoms with Gasteiger partial charge in [-0.15, -0.1) is 0 Å². The minimum Gasteiger partial charge on any atom is -0.463 e. The third-order valence-corrected chi connectivity index (χ3v) is 3.35. The summed E-state index contributed by atoms with van der Waals surface area (Å²) in [6.45, 7) is 11.1. The molecular weight excluding hydrogens is 214 g/mol. The van der Waals surface area contributed by atoms with Gasteiger partial charge in [0.15, 0.2) is 0 Å². The van der Waals surface area contributed by atoms with Crippen LogP contribution in [0.5, 0.6) is 0 Å². The van der Waals surface area contributed by atoms with Crippen molar-refractivity contribution in [1.29, 1.82) is 0 Å². The van der Waals surface area contributed by atoms with Crippen molar-refractivity contribution in [3.05, 3.63) is 12.2 Å². The Kier molecular flexibility index (Phi) is 5.69. The van der Waals surface area contributed by atoms with Gasteiger partial charge in [-0.3, -0.25) is 0 Å². The number of carbonyl (C=O) groups is 1. The molecule has 0 radical (unpaired) electrons. The van der Waals surface area contributed by atoms with Gasteiger partial charge in [-0.2, -0.15) is 0 Å². The van der Waals surface area contributed by atoms with Gasteiger partial charge in [0.1, 0.15) is 0 Å². The van der Waals surface area contributed by atoms with E-state index < -0.39 is 0 Å². The van der Waals surface area contributed by atoms with E-state index in [1.807, 2.05) is 6.92 Å². The molecule has 1 rings (SSSR count). The topological polar surface area (TPSA) is 38.3 Å². The second-order valence-corrected chi connectivity index (χ2v) is 5.32. The van der Waals surface area contributed by atoms with E-state index in [0.29, 0.717) is 24.8 Å². The zero-order chi connectivity index (χ0) is 12.8. The smallest absolute Gasteiger partial charge is 0.334 e. The van der Waals surface area contributed by atoms with Crippen molar-refractivity contribution in [3.8, 4) is 0 Å². The Labute approximate surface area is 105 Å². The molecule has 0 aliphatic heterocycles. The Hall–Kier alpha value is -0.830. The fourth-order valence-corrected chi connectivity index (χ4v) is 2.69. The first kappa shape index (κ1) is 14.2. The summed E-state index contributed by atoms with van der Waals surface area (Å²) in [6.07, 6.45) is 3.71. The summed E-state index contributed by atoms with van der Waals surface area (Å²) in [5.41, 5.74) is 0.526. The van der Waals surface area contributed by atoms with Gasteiger partial charge in [0.2, 0.25) is 0 Å². The summed E-state index contributed by atoms with van der Waals surface area (Å²) in [5, 5.41) is 3.42. The maximum absolute atomic E-state index is 11.4. The van der Waals surface area contributed by atoms with Crippen LogP contribution < -0.4 is 5.32 Å². The van der Waals surface area contributed by atoms with Gasteiger partial charge < -0.3 is 10.1 Å². The molecule has 2 unspecified atom stereocenters. The SMILES string of the molecule is C=C(CNC1CC(C)CC(C)C1)C(=O)OCC. The number of carbonyl (C=O) groups excluding carboxylic acids is 1. The molecule has 98 valence electrons. The predicted octanol–water partition coefficient (Wildman–Crippen LogP) is 2.52. The van der Waals surface area contributed by atoms with Crippen molar-refractivity contribution in [1.82, 2.24) is 5.32 Å². The molecule has 0 amide bonds. The molecule has 0 aromatic carbocycles. The zero-order valence-corrected chi connectivity index (χ0v) is 11.3. The maximum atomic E-state index is 11.4. The van der Waals surface area contributed by atoms with Crippen LogP contribution >= 0.6 is 0 Å². The molecule has 0 aromatic heterocycles. The Bertz CT molecular complexity index is 265. The predicted molar refractivity (Wildman–Crippen MR) is 69.7 cm³/mol. The molecule has 1 aliphatic carbocycles. The fraction of sp³-hybridized carbons (Fsp3) is 0.786. The molecule has 1 N–H and O–H groups in total. The van der Waals surface area contributed by atoms with Crippen molar-refractivity contribution in [2.75, 3.05) is 13.2 Å². The van der Waals surface area contributed by atoms with Gasteiger partial charge in [-0.05, 0) is 38.0 Å². The summed E-state index contributed by atoms with van der Waals surface area (Å²) in [5.74, 6) is 1.26. The molecule has 3 nitrogen and oxygen atoms in total. The zero-order valence-electron chi connectivity index (χ0n) is 11.3. The standard InChI is InChI=1S/C14H25NO2/c1-5-17-14(16)12(4)9-15-13-7-10(2)6-11(3)8-13/h10-11,13,15H,4-9H2,1-3H3. The van der Waals surface area contributed by atoms with Gasteiger partial charge in [0, 0.05) is 18.2 Å². The van der Waals surface area contributed by atoms with Crippen LogP contribution in [0.3, 0.4) is 0 Å². The Balaban J connectivity index is 2.30. The highest BCUT2D eigenvalue weighted by molar-refractivity contribution is 5.88. The van der Waals surface area contributed by atoms with E-state index in [-0.39, 0.29) is 5.97 Å². The van der Waals surface area contributed by atoms with Crippen LogP contribution in [0.25, 0.3) is 0 Å². The van der Waals surface area contributed by atoms with Crippen LogP contribution in [0.1, 0.15) is 40.0 Å². The molecule has 0 spiro atoms. The van der Waals surface area contributed by atoms with E-state index in [1.165, 1.54) is 19.3 Å². The van der Waals surface area contributed by atoms with Crippen molar-refractivity contribution in [3.63, 3.8) is 0 Å². The van der Waals surface area contributed by atoms with Crippen molar-refractivity contribution < 1.29 is 9.53 Å². The molecule has 0 bridgehead atoms. The first-order valence-electron chi connectivity index (χ1n) is 6.61. The third-order valence-electron chi connectivity index (χ3n) is 3.35. The third kappa shape index (κ3) is 4.90. The number of esters is 1. The Morgan fingerprint density at radius 1 is 1.29 bits per heavy atom. The van der Waals surface area contributed by atoms with Crippen LogP contribution in [-0.4, -0.2) is 25.2 Å². The van der Waals surface area contributed by atoms with Crippen LogP contribution in [-0.2, 0) is 9.53 Å². The Morgan fingerprint density at radius 2 is 1.88 bits per heavy atom. The molecule has 0 heterocycles. The Morgan fingerprint density at radius 3 is 2.41 bits per heavy atom. The maximum Gasteiger partial charge on any atom is 0.334 e. The van der Waals surface area contributed by atoms with Crippen LogP contribution in [0, 0.1) is 11.8 Å². The number of rotatable bonds is 5. The quantitative estimate of drug-likeness (QED) is 0.592. The van der Waals surface area contributed by atoms with Crippen molar-refractivity contribution >= 4 is 5.97 Å². The summed E-state index contributed by atoms with van der Waals surface area (Å²) in [7, 11) is 0. The van der Waals surface area contributed by atoms with E-state index in [4.69, 9.17) is 4.74 Å². The molecule has 3 heteroatoms. The minimum atomic E-state index is -0.281. The lowest BCUT2D eigenvalue weighted by atomic mass is 9.80. The highest BCUT2D eigenvalue weighted by Gasteiger charge is 2.23. The lowest BCUT2D eigenvalue weighted by Crippen LogP contribution is -2.38. The van der Waals surface area contributed by atoms with Crippen molar-refractivity contribution in [2.24, 2.45) is 11.8 Å². The second-order valence-electron chi connectivity index (χ2n) is 5.32. The molecule has 0 aromatic rings. The first-order valence-corrected chi connectivity index (χ1v) is 6.61. The van der Waals surface area contributed by atoms with Crippen molar-refractivity contribution in [2.45, 2.75) is 46.1 Å². The average molecular weight is 239 g/mol. The summed E-state index contributed by atoms with van der Waals surface area (Å²) >= 11 is 0. The lowest BCUT2D eigenvalue weighted by molar-refractivity contribution is -0.138. The van der Waals surface area contributed by atoms with E-state index in [0.717, 1.165) is 11.8 Å². The summed E-state index contributed by atoms with van der Waals surface area (Å²) < 4.78 is 4.91. The van der Waals surface area contributed by atoms with Gasteiger partial charge in [0.05, 0.1) is 6.61 Å². The van der Waals surface area contributed by atoms with Gasteiger partial charge in [-0.1, -0.05) is 20.4 Å². The molecular formula is C14H25NO2. The molecule has 2 atom stereocenters. The number of ether oxygens (including phenoxy) is 1. The van der Waals surface area contributed by atoms with Gasteiger partial charge in [0.25, 0.3) is 0 Å². The van der Waals surface area contributed by atoms with E-state index >= 15 is 0 Å². The molecule has 0 saturated heterocycles. The van der Waals surface area contributed by atoms with E-state index in [2.05, 4.69) is 25.7 Å². The lowest BCUT2D eigenvalue weighted by Gasteiger charge is -2.32.